The highest BCUT2D eigenvalue weighted by atomic mass is 19.1. The van der Waals surface area contributed by atoms with Gasteiger partial charge in [0.25, 0.3) is 0 Å². The molecule has 1 N–H and O–H groups in total. The minimum atomic E-state index is -0.321. The summed E-state index contributed by atoms with van der Waals surface area (Å²) in [6.45, 7) is 6.43. The molecule has 1 aromatic rings. The highest BCUT2D eigenvalue weighted by Gasteiger charge is 2.33. The van der Waals surface area contributed by atoms with E-state index in [9.17, 15) is 9.50 Å². The van der Waals surface area contributed by atoms with Crippen molar-refractivity contribution in [2.45, 2.75) is 19.4 Å². The van der Waals surface area contributed by atoms with Crippen molar-refractivity contribution in [2.75, 3.05) is 46.4 Å². The lowest BCUT2D eigenvalue weighted by Crippen LogP contribution is -2.31. The second-order valence-electron chi connectivity index (χ2n) is 6.87. The van der Waals surface area contributed by atoms with E-state index in [0.29, 0.717) is 17.6 Å². The monoisotopic (exact) mass is 322 g/mol. The maximum Gasteiger partial charge on any atom is 0.165 e. The smallest absolute Gasteiger partial charge is 0.165 e. The van der Waals surface area contributed by atoms with Crippen molar-refractivity contribution < 1.29 is 14.2 Å². The molecule has 23 heavy (non-hydrogen) atoms. The minimum Gasteiger partial charge on any atom is -0.494 e. The first-order chi connectivity index (χ1) is 11.2. The van der Waals surface area contributed by atoms with Gasteiger partial charge >= 0.3 is 0 Å². The molecule has 0 bridgehead atoms. The number of benzene rings is 1. The second kappa shape index (κ2) is 7.60. The second-order valence-corrected chi connectivity index (χ2v) is 6.87. The third-order valence-electron chi connectivity index (χ3n) is 5.20. The lowest BCUT2D eigenvalue weighted by atomic mass is 9.96. The molecule has 3 rings (SSSR count). The lowest BCUT2D eigenvalue weighted by Gasteiger charge is -2.23. The Balaban J connectivity index is 1.60. The molecule has 2 heterocycles. The number of halogens is 1. The van der Waals surface area contributed by atoms with Crippen molar-refractivity contribution in [3.8, 4) is 5.75 Å². The highest BCUT2D eigenvalue weighted by Crippen LogP contribution is 2.27. The topological polar surface area (TPSA) is 35.9 Å². The van der Waals surface area contributed by atoms with E-state index in [-0.39, 0.29) is 12.4 Å². The molecule has 128 valence electrons. The number of hydrogen-bond acceptors (Lipinski definition) is 4. The van der Waals surface area contributed by atoms with Crippen molar-refractivity contribution >= 4 is 0 Å². The number of ether oxygens (including phenoxy) is 1. The predicted octanol–water partition coefficient (Wildman–Crippen LogP) is 1.97. The Morgan fingerprint density at radius 1 is 1.17 bits per heavy atom. The fourth-order valence-corrected chi connectivity index (χ4v) is 3.94. The van der Waals surface area contributed by atoms with E-state index in [1.165, 1.54) is 39.1 Å². The van der Waals surface area contributed by atoms with E-state index in [1.54, 1.807) is 6.07 Å². The molecule has 0 aromatic heterocycles. The van der Waals surface area contributed by atoms with Gasteiger partial charge in [-0.05, 0) is 55.5 Å². The van der Waals surface area contributed by atoms with Crippen molar-refractivity contribution in [1.29, 1.82) is 0 Å². The number of nitrogens with zero attached hydrogens (tertiary/aromatic N) is 2. The normalized spacial score (nSPS) is 26.0. The molecule has 2 saturated heterocycles. The summed E-state index contributed by atoms with van der Waals surface area (Å²) in [5, 5.41) is 9.70. The molecule has 0 saturated carbocycles. The molecule has 5 heteroatoms. The molecule has 0 amide bonds. The van der Waals surface area contributed by atoms with Gasteiger partial charge in [0.2, 0.25) is 0 Å². The minimum absolute atomic E-state index is 0.252. The average molecular weight is 322 g/mol. The lowest BCUT2D eigenvalue weighted by molar-refractivity contribution is 0.175. The highest BCUT2D eigenvalue weighted by molar-refractivity contribution is 5.30. The maximum atomic E-state index is 13.5. The zero-order valence-corrected chi connectivity index (χ0v) is 13.9. The van der Waals surface area contributed by atoms with Gasteiger partial charge in [-0.25, -0.2) is 4.39 Å². The zero-order valence-electron chi connectivity index (χ0n) is 13.9. The van der Waals surface area contributed by atoms with Gasteiger partial charge in [-0.2, -0.15) is 0 Å². The fraction of sp³-hybridized carbons (Fsp3) is 0.667. The molecule has 2 aliphatic heterocycles. The summed E-state index contributed by atoms with van der Waals surface area (Å²) in [5.41, 5.74) is 1.06. The number of methoxy groups -OCH3 is 1. The molecule has 0 unspecified atom stereocenters. The first kappa shape index (κ1) is 16.7. The number of likely N-dealkylation sites (tertiary alicyclic amines) is 2. The van der Waals surface area contributed by atoms with E-state index in [2.05, 4.69) is 9.80 Å². The quantitative estimate of drug-likeness (QED) is 0.869. The molecule has 0 radical (unpaired) electrons. The zero-order chi connectivity index (χ0) is 16.2. The Kier molecular flexibility index (Phi) is 5.51. The molecular formula is C18H27FN2O2. The third-order valence-corrected chi connectivity index (χ3v) is 5.20. The Labute approximate surface area is 137 Å². The maximum absolute atomic E-state index is 13.5. The van der Waals surface area contributed by atoms with E-state index in [0.717, 1.165) is 31.7 Å². The van der Waals surface area contributed by atoms with Gasteiger partial charge in [0, 0.05) is 32.8 Å². The van der Waals surface area contributed by atoms with Crippen molar-refractivity contribution in [2.24, 2.45) is 11.8 Å². The molecule has 0 aliphatic carbocycles. The third kappa shape index (κ3) is 4.03. The van der Waals surface area contributed by atoms with Crippen LogP contribution in [-0.2, 0) is 6.54 Å². The van der Waals surface area contributed by atoms with Gasteiger partial charge in [-0.15, -0.1) is 0 Å². The van der Waals surface area contributed by atoms with Gasteiger partial charge in [0.15, 0.2) is 11.6 Å². The molecule has 2 fully saturated rings. The molecule has 1 aromatic carbocycles. The van der Waals surface area contributed by atoms with Crippen molar-refractivity contribution in [3.05, 3.63) is 29.6 Å². The van der Waals surface area contributed by atoms with Gasteiger partial charge in [-0.1, -0.05) is 6.07 Å². The van der Waals surface area contributed by atoms with Crippen LogP contribution in [0.5, 0.6) is 5.75 Å². The predicted molar refractivity (Wildman–Crippen MR) is 88.0 cm³/mol. The van der Waals surface area contributed by atoms with Crippen LogP contribution in [0, 0.1) is 17.7 Å². The van der Waals surface area contributed by atoms with Crippen LogP contribution < -0.4 is 4.74 Å². The number of rotatable bonds is 6. The fourth-order valence-electron chi connectivity index (χ4n) is 3.94. The first-order valence-electron chi connectivity index (χ1n) is 8.57. The Morgan fingerprint density at radius 3 is 2.61 bits per heavy atom. The van der Waals surface area contributed by atoms with Crippen LogP contribution in [0.25, 0.3) is 0 Å². The summed E-state index contributed by atoms with van der Waals surface area (Å²) in [6.07, 6.45) is 2.60. The van der Waals surface area contributed by atoms with Crippen LogP contribution in [-0.4, -0.2) is 61.3 Å². The molecular weight excluding hydrogens is 295 g/mol. The van der Waals surface area contributed by atoms with Gasteiger partial charge < -0.3 is 14.7 Å². The SMILES string of the molecule is COc1cc(CN2C[C@@H](CN3CCCC3)[C@@H](CO)C2)ccc1F. The van der Waals surface area contributed by atoms with Crippen molar-refractivity contribution in [3.63, 3.8) is 0 Å². The Hall–Kier alpha value is -1.17. The van der Waals surface area contributed by atoms with Crippen molar-refractivity contribution in [1.82, 2.24) is 9.80 Å². The van der Waals surface area contributed by atoms with Crippen LogP contribution >= 0.6 is 0 Å². The van der Waals surface area contributed by atoms with Gasteiger partial charge in [-0.3, -0.25) is 4.90 Å². The Morgan fingerprint density at radius 2 is 1.91 bits per heavy atom. The summed E-state index contributed by atoms with van der Waals surface area (Å²) in [5.74, 6) is 0.852. The number of aliphatic hydroxyl groups is 1. The van der Waals surface area contributed by atoms with Gasteiger partial charge in [0.05, 0.1) is 7.11 Å². The molecule has 4 nitrogen and oxygen atoms in total. The van der Waals surface area contributed by atoms with Crippen LogP contribution in [0.15, 0.2) is 18.2 Å². The van der Waals surface area contributed by atoms with Crippen LogP contribution in [0.4, 0.5) is 4.39 Å². The van der Waals surface area contributed by atoms with Gasteiger partial charge in [0.1, 0.15) is 0 Å². The summed E-state index contributed by atoms with van der Waals surface area (Å²) >= 11 is 0. The molecule has 2 atom stereocenters. The summed E-state index contributed by atoms with van der Waals surface area (Å²) < 4.78 is 18.6. The molecule has 0 spiro atoms. The van der Waals surface area contributed by atoms with E-state index in [4.69, 9.17) is 4.74 Å². The van der Waals surface area contributed by atoms with Crippen LogP contribution in [0.3, 0.4) is 0 Å². The number of hydrogen-bond donors (Lipinski definition) is 1. The average Bonchev–Trinajstić information content (AvgIpc) is 3.19. The first-order valence-corrected chi connectivity index (χ1v) is 8.57. The van der Waals surface area contributed by atoms with E-state index >= 15 is 0 Å². The van der Waals surface area contributed by atoms with E-state index in [1.807, 2.05) is 6.07 Å². The summed E-state index contributed by atoms with van der Waals surface area (Å²) in [4.78, 5) is 4.89. The van der Waals surface area contributed by atoms with E-state index < -0.39 is 0 Å². The number of aliphatic hydroxyl groups excluding tert-OH is 1. The summed E-state index contributed by atoms with van der Waals surface area (Å²) in [7, 11) is 1.49. The summed E-state index contributed by atoms with van der Waals surface area (Å²) in [6, 6.07) is 5.06. The standard InChI is InChI=1S/C18H27FN2O2/c1-23-18-8-14(4-5-17(18)19)9-21-11-15(16(12-21)13-22)10-20-6-2-3-7-20/h4-5,8,15-16,22H,2-3,6-7,9-13H2,1H3/t15-,16-/m1/s1. The largest absolute Gasteiger partial charge is 0.494 e. The molecule has 2 aliphatic rings. The Bertz CT molecular complexity index is 520. The van der Waals surface area contributed by atoms with Crippen LogP contribution in [0.1, 0.15) is 18.4 Å². The van der Waals surface area contributed by atoms with Crippen LogP contribution in [0.2, 0.25) is 0 Å².